The number of benzene rings is 2. The molecule has 0 bridgehead atoms. The molecule has 0 aromatic heterocycles. The summed E-state index contributed by atoms with van der Waals surface area (Å²) in [5.41, 5.74) is 3.50. The molecule has 1 aliphatic heterocycles. The van der Waals surface area contributed by atoms with E-state index in [0.29, 0.717) is 31.8 Å². The van der Waals surface area contributed by atoms with Crippen LogP contribution in [0.25, 0.3) is 0 Å². The number of nitrogens with zero attached hydrogens (tertiary/aromatic N) is 1. The molecular formula is C24H29NO4. The zero-order valence-corrected chi connectivity index (χ0v) is 17.2. The first-order valence-corrected chi connectivity index (χ1v) is 10.6. The minimum atomic E-state index is -0.165. The maximum Gasteiger partial charge on any atom is 0.310 e. The highest BCUT2D eigenvalue weighted by molar-refractivity contribution is 5.72. The van der Waals surface area contributed by atoms with Gasteiger partial charge in [0.1, 0.15) is 0 Å². The predicted molar refractivity (Wildman–Crippen MR) is 113 cm³/mol. The van der Waals surface area contributed by atoms with Crippen LogP contribution in [0.3, 0.4) is 0 Å². The fourth-order valence-corrected chi connectivity index (χ4v) is 4.60. The van der Waals surface area contributed by atoms with E-state index in [-0.39, 0.29) is 5.97 Å². The van der Waals surface area contributed by atoms with Gasteiger partial charge in [-0.2, -0.15) is 0 Å². The molecule has 5 heteroatoms. The van der Waals surface area contributed by atoms with Gasteiger partial charge in [0.15, 0.2) is 11.5 Å². The van der Waals surface area contributed by atoms with Crippen molar-refractivity contribution in [3.8, 4) is 11.5 Å². The molecule has 1 heterocycles. The number of fused-ring (bicyclic) bond motifs is 1. The van der Waals surface area contributed by atoms with E-state index >= 15 is 0 Å². The molecule has 2 aromatic carbocycles. The Kier molecular flexibility index (Phi) is 5.93. The minimum Gasteiger partial charge on any atom is -0.466 e. The van der Waals surface area contributed by atoms with Gasteiger partial charge in [-0.15, -0.1) is 0 Å². The molecule has 2 aliphatic rings. The van der Waals surface area contributed by atoms with Crippen molar-refractivity contribution in [1.29, 1.82) is 0 Å². The minimum absolute atomic E-state index is 0.165. The van der Waals surface area contributed by atoms with Crippen LogP contribution in [0.4, 0.5) is 5.69 Å². The number of hydrogen-bond acceptors (Lipinski definition) is 5. The Morgan fingerprint density at radius 2 is 1.93 bits per heavy atom. The third kappa shape index (κ3) is 4.19. The van der Waals surface area contributed by atoms with Gasteiger partial charge in [-0.1, -0.05) is 30.3 Å². The van der Waals surface area contributed by atoms with Crippen molar-refractivity contribution in [1.82, 2.24) is 0 Å². The number of carbonyl (C=O) groups excluding carboxylic acids is 1. The SMILES string of the molecule is CCOC(=O)Cc1ccc([C@@H]2CC[C@H](N(CC)c3cccc4c3OCO4)C2)cc1. The van der Waals surface area contributed by atoms with Crippen LogP contribution < -0.4 is 14.4 Å². The highest BCUT2D eigenvalue weighted by atomic mass is 16.7. The van der Waals surface area contributed by atoms with Gasteiger partial charge in [-0.05, 0) is 62.3 Å². The number of para-hydroxylation sites is 1. The Bertz CT molecular complexity index is 848. The van der Waals surface area contributed by atoms with E-state index in [2.05, 4.69) is 42.2 Å². The third-order valence-corrected chi connectivity index (χ3v) is 5.98. The summed E-state index contributed by atoms with van der Waals surface area (Å²) < 4.78 is 16.3. The second kappa shape index (κ2) is 8.76. The van der Waals surface area contributed by atoms with Crippen molar-refractivity contribution in [3.05, 3.63) is 53.6 Å². The van der Waals surface area contributed by atoms with Crippen LogP contribution in [-0.4, -0.2) is 32.0 Å². The van der Waals surface area contributed by atoms with E-state index in [9.17, 15) is 4.79 Å². The largest absolute Gasteiger partial charge is 0.466 e. The maximum absolute atomic E-state index is 11.7. The molecule has 0 unspecified atom stereocenters. The topological polar surface area (TPSA) is 48.0 Å². The van der Waals surface area contributed by atoms with Gasteiger partial charge in [-0.3, -0.25) is 4.79 Å². The number of carbonyl (C=O) groups is 1. The number of anilines is 1. The fraction of sp³-hybridized carbons (Fsp3) is 0.458. The van der Waals surface area contributed by atoms with Gasteiger partial charge in [-0.25, -0.2) is 0 Å². The molecular weight excluding hydrogens is 366 g/mol. The third-order valence-electron chi connectivity index (χ3n) is 5.98. The molecule has 1 fully saturated rings. The lowest BCUT2D eigenvalue weighted by Gasteiger charge is -2.31. The Hall–Kier alpha value is -2.69. The van der Waals surface area contributed by atoms with Crippen LogP contribution >= 0.6 is 0 Å². The van der Waals surface area contributed by atoms with Crippen LogP contribution in [0, 0.1) is 0 Å². The Labute approximate surface area is 172 Å². The van der Waals surface area contributed by atoms with E-state index in [1.54, 1.807) is 0 Å². The normalized spacial score (nSPS) is 19.9. The molecule has 0 spiro atoms. The molecule has 154 valence electrons. The summed E-state index contributed by atoms with van der Waals surface area (Å²) in [7, 11) is 0. The summed E-state index contributed by atoms with van der Waals surface area (Å²) in [4.78, 5) is 14.1. The fourth-order valence-electron chi connectivity index (χ4n) is 4.60. The Morgan fingerprint density at radius 3 is 2.69 bits per heavy atom. The molecule has 29 heavy (non-hydrogen) atoms. The Balaban J connectivity index is 1.43. The van der Waals surface area contributed by atoms with E-state index in [4.69, 9.17) is 14.2 Å². The lowest BCUT2D eigenvalue weighted by atomic mass is 9.95. The molecule has 0 radical (unpaired) electrons. The van der Waals surface area contributed by atoms with Gasteiger partial charge < -0.3 is 19.1 Å². The molecule has 5 nitrogen and oxygen atoms in total. The first-order chi connectivity index (χ1) is 14.2. The van der Waals surface area contributed by atoms with Crippen LogP contribution in [-0.2, 0) is 16.0 Å². The molecule has 4 rings (SSSR count). The summed E-state index contributed by atoms with van der Waals surface area (Å²) in [6.45, 7) is 5.70. The van der Waals surface area contributed by atoms with Crippen molar-refractivity contribution >= 4 is 11.7 Å². The lowest BCUT2D eigenvalue weighted by Crippen LogP contribution is -2.33. The first-order valence-electron chi connectivity index (χ1n) is 10.6. The second-order valence-corrected chi connectivity index (χ2v) is 7.68. The smallest absolute Gasteiger partial charge is 0.310 e. The summed E-state index contributed by atoms with van der Waals surface area (Å²) in [6.07, 6.45) is 3.79. The number of esters is 1. The average Bonchev–Trinajstić information content (AvgIpc) is 3.39. The van der Waals surface area contributed by atoms with Crippen molar-refractivity contribution in [2.45, 2.75) is 51.5 Å². The molecule has 2 aromatic rings. The summed E-state index contributed by atoms with van der Waals surface area (Å²) in [5, 5.41) is 0. The Morgan fingerprint density at radius 1 is 1.10 bits per heavy atom. The monoisotopic (exact) mass is 395 g/mol. The van der Waals surface area contributed by atoms with Crippen LogP contribution in [0.15, 0.2) is 42.5 Å². The molecule has 0 amide bonds. The van der Waals surface area contributed by atoms with E-state index in [1.807, 2.05) is 19.1 Å². The zero-order valence-electron chi connectivity index (χ0n) is 17.2. The van der Waals surface area contributed by atoms with Crippen LogP contribution in [0.1, 0.15) is 50.2 Å². The summed E-state index contributed by atoms with van der Waals surface area (Å²) in [6, 6.07) is 15.1. The standard InChI is InChI=1S/C24H29NO4/c1-3-25(21-6-5-7-22-24(21)29-16-28-22)20-13-12-19(15-20)18-10-8-17(9-11-18)14-23(26)27-4-2/h5-11,19-20H,3-4,12-16H2,1-2H3/t19-,20+/m1/s1. The van der Waals surface area contributed by atoms with Crippen LogP contribution in [0.2, 0.25) is 0 Å². The van der Waals surface area contributed by atoms with Gasteiger partial charge in [0.05, 0.1) is 18.7 Å². The zero-order chi connectivity index (χ0) is 20.2. The maximum atomic E-state index is 11.7. The van der Waals surface area contributed by atoms with Crippen LogP contribution in [0.5, 0.6) is 11.5 Å². The second-order valence-electron chi connectivity index (χ2n) is 7.68. The van der Waals surface area contributed by atoms with Crippen molar-refractivity contribution in [2.75, 3.05) is 24.8 Å². The lowest BCUT2D eigenvalue weighted by molar-refractivity contribution is -0.142. The van der Waals surface area contributed by atoms with Gasteiger partial charge in [0.2, 0.25) is 6.79 Å². The van der Waals surface area contributed by atoms with Gasteiger partial charge in [0, 0.05) is 12.6 Å². The number of ether oxygens (including phenoxy) is 3. The number of rotatable bonds is 7. The van der Waals surface area contributed by atoms with E-state index in [1.165, 1.54) is 12.0 Å². The highest BCUT2D eigenvalue weighted by Gasteiger charge is 2.32. The number of hydrogen-bond donors (Lipinski definition) is 0. The van der Waals surface area contributed by atoms with Gasteiger partial charge >= 0.3 is 5.97 Å². The van der Waals surface area contributed by atoms with E-state index < -0.39 is 0 Å². The summed E-state index contributed by atoms with van der Waals surface area (Å²) in [5.74, 6) is 2.09. The highest BCUT2D eigenvalue weighted by Crippen LogP contribution is 2.45. The van der Waals surface area contributed by atoms with Crippen molar-refractivity contribution < 1.29 is 19.0 Å². The van der Waals surface area contributed by atoms with Crippen molar-refractivity contribution in [3.63, 3.8) is 0 Å². The molecule has 1 saturated carbocycles. The summed E-state index contributed by atoms with van der Waals surface area (Å²) >= 11 is 0. The molecule has 0 saturated heterocycles. The first kappa shape index (κ1) is 19.6. The molecule has 0 N–H and O–H groups in total. The quantitative estimate of drug-likeness (QED) is 0.637. The molecule has 1 aliphatic carbocycles. The van der Waals surface area contributed by atoms with Crippen molar-refractivity contribution in [2.24, 2.45) is 0 Å². The molecule has 2 atom stereocenters. The average molecular weight is 395 g/mol. The van der Waals surface area contributed by atoms with Gasteiger partial charge in [0.25, 0.3) is 0 Å². The van der Waals surface area contributed by atoms with E-state index in [0.717, 1.165) is 42.1 Å². The predicted octanol–water partition coefficient (Wildman–Crippen LogP) is 4.68.